The van der Waals surface area contributed by atoms with E-state index in [1.54, 1.807) is 30.4 Å². The third kappa shape index (κ3) is 3.03. The highest BCUT2D eigenvalue weighted by atomic mass is 32.1. The molecular weight excluding hydrogens is 301 g/mol. The molecule has 0 saturated heterocycles. The number of carbonyl (C=O) groups is 1. The van der Waals surface area contributed by atoms with Crippen molar-refractivity contribution >= 4 is 17.2 Å². The zero-order valence-electron chi connectivity index (χ0n) is 12.3. The second-order valence-corrected chi connectivity index (χ2v) is 6.61. The van der Waals surface area contributed by atoms with E-state index in [-0.39, 0.29) is 17.8 Å². The molecule has 6 heteroatoms. The zero-order valence-corrected chi connectivity index (χ0v) is 13.1. The second-order valence-electron chi connectivity index (χ2n) is 5.58. The fourth-order valence-corrected chi connectivity index (χ4v) is 3.78. The highest BCUT2D eigenvalue weighted by molar-refractivity contribution is 7.15. The van der Waals surface area contributed by atoms with Gasteiger partial charge in [-0.25, -0.2) is 9.37 Å². The lowest BCUT2D eigenvalue weighted by Gasteiger charge is -2.23. The van der Waals surface area contributed by atoms with E-state index in [0.717, 1.165) is 40.4 Å². The van der Waals surface area contributed by atoms with Gasteiger partial charge in [0, 0.05) is 5.56 Å². The molecule has 0 radical (unpaired) electrons. The molecule has 1 aromatic heterocycles. The van der Waals surface area contributed by atoms with Gasteiger partial charge in [0.1, 0.15) is 10.8 Å². The van der Waals surface area contributed by atoms with Crippen LogP contribution in [0.1, 0.15) is 36.4 Å². The molecule has 1 unspecified atom stereocenters. The molecule has 4 nitrogen and oxygen atoms in total. The van der Waals surface area contributed by atoms with E-state index < -0.39 is 6.04 Å². The summed E-state index contributed by atoms with van der Waals surface area (Å²) in [5, 5.41) is 3.86. The first kappa shape index (κ1) is 15.1. The summed E-state index contributed by atoms with van der Waals surface area (Å²) in [7, 11) is 0. The van der Waals surface area contributed by atoms with E-state index in [4.69, 9.17) is 5.73 Å². The van der Waals surface area contributed by atoms with Crippen LogP contribution in [-0.2, 0) is 11.2 Å². The molecular formula is C16H18FN3OS. The molecule has 3 N–H and O–H groups in total. The maximum atomic E-state index is 13.0. The number of nitrogens with two attached hydrogens (primary N) is 1. The SMILES string of the molecule is C[C@@H](N)C(=O)NC1CCCc2nc(-c3ccc(F)cc3)sc21. The molecule has 1 aliphatic carbocycles. The molecule has 22 heavy (non-hydrogen) atoms. The number of rotatable bonds is 3. The van der Waals surface area contributed by atoms with Crippen LogP contribution in [0.4, 0.5) is 4.39 Å². The lowest BCUT2D eigenvalue weighted by Crippen LogP contribution is -2.40. The summed E-state index contributed by atoms with van der Waals surface area (Å²) < 4.78 is 13.0. The molecule has 0 saturated carbocycles. The first-order chi connectivity index (χ1) is 10.5. The molecule has 1 heterocycles. The number of benzene rings is 1. The number of aromatic nitrogens is 1. The Labute approximate surface area is 132 Å². The number of nitrogens with zero attached hydrogens (tertiary/aromatic N) is 1. The monoisotopic (exact) mass is 319 g/mol. The number of aryl methyl sites for hydroxylation is 1. The van der Waals surface area contributed by atoms with Crippen molar-refractivity contribution < 1.29 is 9.18 Å². The largest absolute Gasteiger partial charge is 0.347 e. The van der Waals surface area contributed by atoms with Crippen molar-refractivity contribution in [3.8, 4) is 10.6 Å². The molecule has 1 aliphatic rings. The van der Waals surface area contributed by atoms with Gasteiger partial charge in [0.05, 0.1) is 22.7 Å². The number of hydrogen-bond donors (Lipinski definition) is 2. The van der Waals surface area contributed by atoms with Gasteiger partial charge < -0.3 is 11.1 Å². The molecule has 1 aromatic carbocycles. The van der Waals surface area contributed by atoms with Crippen LogP contribution in [0.5, 0.6) is 0 Å². The minimum atomic E-state index is -0.519. The van der Waals surface area contributed by atoms with Crippen LogP contribution in [0.25, 0.3) is 10.6 Å². The number of carbonyl (C=O) groups excluding carboxylic acids is 1. The van der Waals surface area contributed by atoms with Gasteiger partial charge in [-0.1, -0.05) is 0 Å². The van der Waals surface area contributed by atoms with Gasteiger partial charge in [0.25, 0.3) is 0 Å². The van der Waals surface area contributed by atoms with Crippen LogP contribution < -0.4 is 11.1 Å². The highest BCUT2D eigenvalue weighted by Crippen LogP contribution is 2.37. The van der Waals surface area contributed by atoms with Gasteiger partial charge in [0.15, 0.2) is 0 Å². The summed E-state index contributed by atoms with van der Waals surface area (Å²) in [6.07, 6.45) is 2.80. The van der Waals surface area contributed by atoms with Gasteiger partial charge in [-0.3, -0.25) is 4.79 Å². The van der Waals surface area contributed by atoms with Crippen LogP contribution in [0.3, 0.4) is 0 Å². The first-order valence-corrected chi connectivity index (χ1v) is 8.17. The van der Waals surface area contributed by atoms with Crippen molar-refractivity contribution in [2.75, 3.05) is 0 Å². The number of hydrogen-bond acceptors (Lipinski definition) is 4. The van der Waals surface area contributed by atoms with E-state index in [1.807, 2.05) is 0 Å². The Morgan fingerprint density at radius 3 is 2.86 bits per heavy atom. The smallest absolute Gasteiger partial charge is 0.237 e. The number of thiazole rings is 1. The molecule has 0 bridgehead atoms. The molecule has 0 fully saturated rings. The summed E-state index contributed by atoms with van der Waals surface area (Å²) in [5.74, 6) is -0.401. The van der Waals surface area contributed by atoms with Crippen molar-refractivity contribution in [3.63, 3.8) is 0 Å². The maximum absolute atomic E-state index is 13.0. The lowest BCUT2D eigenvalue weighted by atomic mass is 9.98. The normalized spacial score (nSPS) is 18.6. The van der Waals surface area contributed by atoms with E-state index in [9.17, 15) is 9.18 Å². The number of halogens is 1. The van der Waals surface area contributed by atoms with Crippen molar-refractivity contribution in [1.82, 2.24) is 10.3 Å². The van der Waals surface area contributed by atoms with Gasteiger partial charge in [-0.15, -0.1) is 11.3 Å². The van der Waals surface area contributed by atoms with E-state index in [0.29, 0.717) is 0 Å². The molecule has 2 aromatic rings. The molecule has 0 spiro atoms. The average Bonchev–Trinajstić information content (AvgIpc) is 2.93. The van der Waals surface area contributed by atoms with Gasteiger partial charge in [-0.05, 0) is 50.5 Å². The predicted octanol–water partition coefficient (Wildman–Crippen LogP) is 2.79. The Balaban J connectivity index is 1.88. The van der Waals surface area contributed by atoms with Crippen molar-refractivity contribution in [2.45, 2.75) is 38.3 Å². The zero-order chi connectivity index (χ0) is 15.7. The Hall–Kier alpha value is -1.79. The van der Waals surface area contributed by atoms with Crippen molar-refractivity contribution in [2.24, 2.45) is 5.73 Å². The van der Waals surface area contributed by atoms with Crippen LogP contribution >= 0.6 is 11.3 Å². The summed E-state index contributed by atoms with van der Waals surface area (Å²) in [5.41, 5.74) is 7.56. The molecule has 2 atom stereocenters. The molecule has 0 aliphatic heterocycles. The van der Waals surface area contributed by atoms with Gasteiger partial charge >= 0.3 is 0 Å². The maximum Gasteiger partial charge on any atom is 0.237 e. The number of amides is 1. The Kier molecular flexibility index (Phi) is 4.22. The topological polar surface area (TPSA) is 68.0 Å². The minimum Gasteiger partial charge on any atom is -0.347 e. The number of fused-ring (bicyclic) bond motifs is 1. The Bertz CT molecular complexity index is 681. The Morgan fingerprint density at radius 2 is 2.18 bits per heavy atom. The van der Waals surface area contributed by atoms with E-state index >= 15 is 0 Å². The van der Waals surface area contributed by atoms with Crippen LogP contribution in [0.15, 0.2) is 24.3 Å². The summed E-state index contributed by atoms with van der Waals surface area (Å²) in [4.78, 5) is 17.6. The van der Waals surface area contributed by atoms with E-state index in [1.165, 1.54) is 12.1 Å². The second kappa shape index (κ2) is 6.14. The van der Waals surface area contributed by atoms with E-state index in [2.05, 4.69) is 10.3 Å². The van der Waals surface area contributed by atoms with Gasteiger partial charge in [0.2, 0.25) is 5.91 Å². The first-order valence-electron chi connectivity index (χ1n) is 7.36. The molecule has 3 rings (SSSR count). The van der Waals surface area contributed by atoms with Crippen LogP contribution in [0, 0.1) is 5.82 Å². The minimum absolute atomic E-state index is 0.0195. The summed E-state index contributed by atoms with van der Waals surface area (Å²) in [6.45, 7) is 1.68. The quantitative estimate of drug-likeness (QED) is 0.914. The average molecular weight is 319 g/mol. The third-order valence-corrected chi connectivity index (χ3v) is 5.03. The Morgan fingerprint density at radius 1 is 1.45 bits per heavy atom. The highest BCUT2D eigenvalue weighted by Gasteiger charge is 2.26. The van der Waals surface area contributed by atoms with Crippen LogP contribution in [0.2, 0.25) is 0 Å². The predicted molar refractivity (Wildman–Crippen MR) is 85.0 cm³/mol. The standard InChI is InChI=1S/C16H18FN3OS/c1-9(18)15(21)19-12-3-2-4-13-14(12)22-16(20-13)10-5-7-11(17)8-6-10/h5-9,12H,2-4,18H2,1H3,(H,19,21)/t9-,12?/m1/s1. The lowest BCUT2D eigenvalue weighted by molar-refractivity contribution is -0.122. The van der Waals surface area contributed by atoms with Crippen LogP contribution in [-0.4, -0.2) is 16.9 Å². The fourth-order valence-electron chi connectivity index (χ4n) is 2.58. The van der Waals surface area contributed by atoms with Crippen molar-refractivity contribution in [1.29, 1.82) is 0 Å². The van der Waals surface area contributed by atoms with Gasteiger partial charge in [-0.2, -0.15) is 0 Å². The summed E-state index contributed by atoms with van der Waals surface area (Å²) >= 11 is 1.57. The number of nitrogens with one attached hydrogen (secondary N) is 1. The summed E-state index contributed by atoms with van der Waals surface area (Å²) in [6, 6.07) is 5.80. The molecule has 116 valence electrons. The molecule has 1 amide bonds. The van der Waals surface area contributed by atoms with Crippen molar-refractivity contribution in [3.05, 3.63) is 40.7 Å². The third-order valence-electron chi connectivity index (χ3n) is 3.77. The fraction of sp³-hybridized carbons (Fsp3) is 0.375.